The number of carbonyl (C=O) groups is 2. The summed E-state index contributed by atoms with van der Waals surface area (Å²) in [7, 11) is 0. The third-order valence-corrected chi connectivity index (χ3v) is 3.44. The molecule has 0 saturated carbocycles. The van der Waals surface area contributed by atoms with Gasteiger partial charge in [0.25, 0.3) is 11.6 Å². The number of aliphatic carboxylic acids is 1. The Morgan fingerprint density at radius 1 is 1.43 bits per heavy atom. The standard InChI is InChI=1S/C14H18N2O5/c1-4-8(2)12(14(18)19)15-13(17)11-9(3)6-5-7-10(11)16(20)21/h5-8,12H,4H2,1-3H3,(H,15,17)(H,18,19)/t8-,12-/m0/s1. The molecule has 1 aromatic rings. The molecule has 0 aliphatic rings. The number of hydrogen-bond acceptors (Lipinski definition) is 4. The maximum atomic E-state index is 12.2. The molecule has 7 heteroatoms. The summed E-state index contributed by atoms with van der Waals surface area (Å²) < 4.78 is 0. The molecule has 0 aliphatic carbocycles. The second-order valence-electron chi connectivity index (χ2n) is 4.90. The van der Waals surface area contributed by atoms with Gasteiger partial charge in [-0.2, -0.15) is 0 Å². The van der Waals surface area contributed by atoms with Gasteiger partial charge in [-0.1, -0.05) is 32.4 Å². The Labute approximate surface area is 122 Å². The number of carboxylic acids is 1. The van der Waals surface area contributed by atoms with Crippen LogP contribution in [-0.4, -0.2) is 27.9 Å². The van der Waals surface area contributed by atoms with Gasteiger partial charge in [-0.05, 0) is 18.4 Å². The molecule has 2 atom stereocenters. The highest BCUT2D eigenvalue weighted by atomic mass is 16.6. The van der Waals surface area contributed by atoms with Gasteiger partial charge in [0, 0.05) is 6.07 Å². The van der Waals surface area contributed by atoms with E-state index in [4.69, 9.17) is 5.11 Å². The Morgan fingerprint density at radius 3 is 2.52 bits per heavy atom. The Bertz CT molecular complexity index is 570. The first-order chi connectivity index (χ1) is 9.79. The molecule has 0 bridgehead atoms. The van der Waals surface area contributed by atoms with Crippen LogP contribution in [0.15, 0.2) is 18.2 Å². The van der Waals surface area contributed by atoms with Crippen LogP contribution in [0.3, 0.4) is 0 Å². The maximum Gasteiger partial charge on any atom is 0.326 e. The largest absolute Gasteiger partial charge is 0.480 e. The van der Waals surface area contributed by atoms with Crippen molar-refractivity contribution in [2.24, 2.45) is 5.92 Å². The van der Waals surface area contributed by atoms with Crippen LogP contribution < -0.4 is 5.32 Å². The number of nitrogens with one attached hydrogen (secondary N) is 1. The fourth-order valence-corrected chi connectivity index (χ4v) is 2.00. The van der Waals surface area contributed by atoms with E-state index in [0.29, 0.717) is 12.0 Å². The maximum absolute atomic E-state index is 12.2. The van der Waals surface area contributed by atoms with Crippen molar-refractivity contribution in [2.75, 3.05) is 0 Å². The molecular weight excluding hydrogens is 276 g/mol. The van der Waals surface area contributed by atoms with Gasteiger partial charge in [0.1, 0.15) is 11.6 Å². The number of nitrogens with zero attached hydrogens (tertiary/aromatic N) is 1. The second-order valence-corrected chi connectivity index (χ2v) is 4.90. The number of carbonyl (C=O) groups excluding carboxylic acids is 1. The molecule has 2 N–H and O–H groups in total. The van der Waals surface area contributed by atoms with E-state index in [1.54, 1.807) is 19.9 Å². The van der Waals surface area contributed by atoms with E-state index in [1.165, 1.54) is 12.1 Å². The lowest BCUT2D eigenvalue weighted by Gasteiger charge is -2.20. The van der Waals surface area contributed by atoms with Gasteiger partial charge < -0.3 is 10.4 Å². The zero-order valence-corrected chi connectivity index (χ0v) is 12.1. The predicted octanol–water partition coefficient (Wildman–Crippen LogP) is 2.13. The average molecular weight is 294 g/mol. The first-order valence-corrected chi connectivity index (χ1v) is 6.57. The first-order valence-electron chi connectivity index (χ1n) is 6.57. The van der Waals surface area contributed by atoms with Gasteiger partial charge in [-0.15, -0.1) is 0 Å². The fourth-order valence-electron chi connectivity index (χ4n) is 2.00. The minimum absolute atomic E-state index is 0.1000. The molecule has 0 saturated heterocycles. The molecule has 114 valence electrons. The van der Waals surface area contributed by atoms with Crippen molar-refractivity contribution in [3.05, 3.63) is 39.4 Å². The van der Waals surface area contributed by atoms with Crippen molar-refractivity contribution >= 4 is 17.6 Å². The summed E-state index contributed by atoms with van der Waals surface area (Å²) in [4.78, 5) is 33.8. The Hall–Kier alpha value is -2.44. The van der Waals surface area contributed by atoms with Crippen LogP contribution in [0.5, 0.6) is 0 Å². The third kappa shape index (κ3) is 3.77. The van der Waals surface area contributed by atoms with Gasteiger partial charge in [-0.25, -0.2) is 4.79 Å². The summed E-state index contributed by atoms with van der Waals surface area (Å²) in [6.45, 7) is 5.08. The van der Waals surface area contributed by atoms with Crippen molar-refractivity contribution in [3.8, 4) is 0 Å². The van der Waals surface area contributed by atoms with Crippen LogP contribution >= 0.6 is 0 Å². The van der Waals surface area contributed by atoms with Gasteiger partial charge in [0.15, 0.2) is 0 Å². The number of nitro groups is 1. The normalized spacial score (nSPS) is 13.3. The quantitative estimate of drug-likeness (QED) is 0.617. The van der Waals surface area contributed by atoms with E-state index in [1.807, 2.05) is 6.92 Å². The molecule has 0 heterocycles. The SMILES string of the molecule is CC[C@H](C)[C@H](NC(=O)c1c(C)cccc1[N+](=O)[O-])C(=O)O. The lowest BCUT2D eigenvalue weighted by molar-refractivity contribution is -0.385. The van der Waals surface area contributed by atoms with E-state index in [0.717, 1.165) is 0 Å². The number of rotatable bonds is 6. The molecule has 0 aliphatic heterocycles. The molecule has 1 aromatic carbocycles. The van der Waals surface area contributed by atoms with Crippen molar-refractivity contribution in [2.45, 2.75) is 33.2 Å². The van der Waals surface area contributed by atoms with E-state index in [-0.39, 0.29) is 17.2 Å². The molecule has 0 radical (unpaired) electrons. The lowest BCUT2D eigenvalue weighted by atomic mass is 9.98. The van der Waals surface area contributed by atoms with Gasteiger partial charge >= 0.3 is 5.97 Å². The van der Waals surface area contributed by atoms with Crippen LogP contribution in [0.4, 0.5) is 5.69 Å². The summed E-state index contributed by atoms with van der Waals surface area (Å²) in [6, 6.07) is 3.19. The van der Waals surface area contributed by atoms with Crippen molar-refractivity contribution in [1.82, 2.24) is 5.32 Å². The molecule has 0 aromatic heterocycles. The number of carboxylic acid groups (broad SMARTS) is 1. The van der Waals surface area contributed by atoms with Crippen LogP contribution in [0.1, 0.15) is 36.2 Å². The summed E-state index contributed by atoms with van der Waals surface area (Å²) in [5, 5.41) is 22.5. The minimum Gasteiger partial charge on any atom is -0.480 e. The van der Waals surface area contributed by atoms with E-state index in [9.17, 15) is 19.7 Å². The van der Waals surface area contributed by atoms with E-state index < -0.39 is 22.8 Å². The predicted molar refractivity (Wildman–Crippen MR) is 76.2 cm³/mol. The topological polar surface area (TPSA) is 110 Å². The minimum atomic E-state index is -1.16. The summed E-state index contributed by atoms with van der Waals surface area (Å²) in [5.74, 6) is -2.18. The third-order valence-electron chi connectivity index (χ3n) is 3.44. The number of aryl methyl sites for hydroxylation is 1. The lowest BCUT2D eigenvalue weighted by Crippen LogP contribution is -2.45. The second kappa shape index (κ2) is 6.83. The Balaban J connectivity index is 3.14. The van der Waals surface area contributed by atoms with E-state index >= 15 is 0 Å². The molecule has 7 nitrogen and oxygen atoms in total. The number of benzene rings is 1. The fraction of sp³-hybridized carbons (Fsp3) is 0.429. The molecule has 0 unspecified atom stereocenters. The highest BCUT2D eigenvalue weighted by molar-refractivity contribution is 6.01. The van der Waals surface area contributed by atoms with E-state index in [2.05, 4.69) is 5.32 Å². The van der Waals surface area contributed by atoms with Crippen molar-refractivity contribution in [3.63, 3.8) is 0 Å². The van der Waals surface area contributed by atoms with Crippen LogP contribution in [0.25, 0.3) is 0 Å². The summed E-state index contributed by atoms with van der Waals surface area (Å²) in [6.07, 6.45) is 0.563. The number of hydrogen-bond donors (Lipinski definition) is 2. The summed E-state index contributed by atoms with van der Waals surface area (Å²) in [5.41, 5.74) is -0.00664. The number of amides is 1. The highest BCUT2D eigenvalue weighted by Crippen LogP contribution is 2.22. The first kappa shape index (κ1) is 16.6. The Morgan fingerprint density at radius 2 is 2.05 bits per heavy atom. The molecule has 21 heavy (non-hydrogen) atoms. The molecule has 1 amide bonds. The molecule has 1 rings (SSSR count). The highest BCUT2D eigenvalue weighted by Gasteiger charge is 2.29. The number of nitro benzene ring substituents is 1. The van der Waals surface area contributed by atoms with Crippen molar-refractivity contribution in [1.29, 1.82) is 0 Å². The van der Waals surface area contributed by atoms with Crippen LogP contribution in [-0.2, 0) is 4.79 Å². The monoisotopic (exact) mass is 294 g/mol. The van der Waals surface area contributed by atoms with Crippen LogP contribution in [0, 0.1) is 23.0 Å². The zero-order chi connectivity index (χ0) is 16.2. The van der Waals surface area contributed by atoms with Crippen molar-refractivity contribution < 1.29 is 19.6 Å². The van der Waals surface area contributed by atoms with Gasteiger partial charge in [-0.3, -0.25) is 14.9 Å². The van der Waals surface area contributed by atoms with Gasteiger partial charge in [0.2, 0.25) is 0 Å². The van der Waals surface area contributed by atoms with Gasteiger partial charge in [0.05, 0.1) is 4.92 Å². The molecule has 0 spiro atoms. The molecular formula is C14H18N2O5. The smallest absolute Gasteiger partial charge is 0.326 e. The molecule has 0 fully saturated rings. The Kier molecular flexibility index (Phi) is 5.40. The summed E-state index contributed by atoms with van der Waals surface area (Å²) >= 11 is 0. The van der Waals surface area contributed by atoms with Crippen LogP contribution in [0.2, 0.25) is 0 Å². The zero-order valence-electron chi connectivity index (χ0n) is 12.1. The average Bonchev–Trinajstić information content (AvgIpc) is 2.42.